The van der Waals surface area contributed by atoms with E-state index in [-0.39, 0.29) is 10.5 Å². The van der Waals surface area contributed by atoms with Crippen LogP contribution < -0.4 is 4.72 Å². The molecule has 33 heavy (non-hydrogen) atoms. The predicted octanol–water partition coefficient (Wildman–Crippen LogP) is 5.64. The lowest BCUT2D eigenvalue weighted by molar-refractivity contribution is 0.0695. The van der Waals surface area contributed by atoms with E-state index in [9.17, 15) is 18.3 Å². The zero-order valence-corrected chi connectivity index (χ0v) is 18.6. The Bertz CT molecular complexity index is 1360. The van der Waals surface area contributed by atoms with Gasteiger partial charge in [-0.1, -0.05) is 78.9 Å². The van der Waals surface area contributed by atoms with Crippen molar-refractivity contribution in [2.45, 2.75) is 17.7 Å². The maximum atomic E-state index is 13.0. The van der Waals surface area contributed by atoms with Crippen LogP contribution in [0.2, 0.25) is 0 Å². The van der Waals surface area contributed by atoms with Gasteiger partial charge in [-0.25, -0.2) is 13.2 Å². The summed E-state index contributed by atoms with van der Waals surface area (Å²) in [6.07, 6.45) is 0.975. The van der Waals surface area contributed by atoms with Gasteiger partial charge in [0.05, 0.1) is 16.1 Å². The maximum Gasteiger partial charge on any atom is 0.335 e. The number of hydrogen-bond acceptors (Lipinski definition) is 3. The second kappa shape index (κ2) is 9.71. The number of rotatable bonds is 8. The van der Waals surface area contributed by atoms with Crippen LogP contribution in [0.5, 0.6) is 0 Å². The first-order valence-electron chi connectivity index (χ1n) is 10.5. The van der Waals surface area contributed by atoms with Gasteiger partial charge in [-0.3, -0.25) is 4.72 Å². The van der Waals surface area contributed by atoms with Gasteiger partial charge in [0.1, 0.15) is 0 Å². The molecule has 0 aliphatic rings. The van der Waals surface area contributed by atoms with Gasteiger partial charge in [0, 0.05) is 0 Å². The fourth-order valence-corrected chi connectivity index (χ4v) is 4.82. The standard InChI is InChI=1S/C27H23NO4S/c29-27(30)25-12-6-4-10-22(25)14-15-23-11-5-7-13-26(23)28-33(31,32)24-18-16-21(17-19-24)20-8-2-1-3-9-20/h1-13,16-19,28H,14-15H2,(H,29,30). The van der Waals surface area contributed by atoms with Crippen molar-refractivity contribution in [1.82, 2.24) is 0 Å². The van der Waals surface area contributed by atoms with Gasteiger partial charge in [0.15, 0.2) is 0 Å². The summed E-state index contributed by atoms with van der Waals surface area (Å²) in [7, 11) is -3.78. The van der Waals surface area contributed by atoms with Crippen molar-refractivity contribution < 1.29 is 18.3 Å². The highest BCUT2D eigenvalue weighted by atomic mass is 32.2. The Kier molecular flexibility index (Phi) is 6.56. The Morgan fingerprint density at radius 1 is 0.667 bits per heavy atom. The van der Waals surface area contributed by atoms with E-state index < -0.39 is 16.0 Å². The Hall–Kier alpha value is -3.90. The molecule has 6 heteroatoms. The highest BCUT2D eigenvalue weighted by molar-refractivity contribution is 7.92. The lowest BCUT2D eigenvalue weighted by Crippen LogP contribution is -2.14. The molecule has 0 heterocycles. The molecule has 4 rings (SSSR count). The smallest absolute Gasteiger partial charge is 0.335 e. The van der Waals surface area contributed by atoms with E-state index in [1.165, 1.54) is 0 Å². The first kappa shape index (κ1) is 22.3. The number of benzene rings is 4. The molecule has 0 aliphatic heterocycles. The van der Waals surface area contributed by atoms with Crippen LogP contribution >= 0.6 is 0 Å². The molecule has 0 atom stereocenters. The molecule has 5 nitrogen and oxygen atoms in total. The number of hydrogen-bond donors (Lipinski definition) is 2. The predicted molar refractivity (Wildman–Crippen MR) is 130 cm³/mol. The number of nitrogens with one attached hydrogen (secondary N) is 1. The molecule has 4 aromatic rings. The van der Waals surface area contributed by atoms with Gasteiger partial charge >= 0.3 is 5.97 Å². The summed E-state index contributed by atoms with van der Waals surface area (Å²) in [5.74, 6) is -0.974. The molecule has 0 spiro atoms. The minimum Gasteiger partial charge on any atom is -0.478 e. The fourth-order valence-electron chi connectivity index (χ4n) is 3.71. The van der Waals surface area contributed by atoms with E-state index in [4.69, 9.17) is 0 Å². The van der Waals surface area contributed by atoms with Crippen LogP contribution in [0.4, 0.5) is 5.69 Å². The van der Waals surface area contributed by atoms with Crippen LogP contribution in [0.1, 0.15) is 21.5 Å². The topological polar surface area (TPSA) is 83.5 Å². The molecule has 166 valence electrons. The largest absolute Gasteiger partial charge is 0.478 e. The molecule has 0 fully saturated rings. The average molecular weight is 458 g/mol. The summed E-state index contributed by atoms with van der Waals surface area (Å²) >= 11 is 0. The van der Waals surface area contributed by atoms with E-state index in [1.54, 1.807) is 60.7 Å². The molecular formula is C27H23NO4S. The highest BCUT2D eigenvalue weighted by Crippen LogP contribution is 2.25. The van der Waals surface area contributed by atoms with Crippen molar-refractivity contribution >= 4 is 21.7 Å². The van der Waals surface area contributed by atoms with Gasteiger partial charge in [0.25, 0.3) is 10.0 Å². The molecule has 0 amide bonds. The molecule has 0 aromatic heterocycles. The van der Waals surface area contributed by atoms with Crippen molar-refractivity contribution in [3.8, 4) is 11.1 Å². The third-order valence-corrected chi connectivity index (χ3v) is 6.83. The summed E-state index contributed by atoms with van der Waals surface area (Å²) in [5, 5.41) is 9.40. The van der Waals surface area contributed by atoms with E-state index in [0.717, 1.165) is 16.7 Å². The number of carbonyl (C=O) groups is 1. The van der Waals surface area contributed by atoms with Gasteiger partial charge in [-0.2, -0.15) is 0 Å². The van der Waals surface area contributed by atoms with E-state index in [0.29, 0.717) is 24.1 Å². The number of aryl methyl sites for hydroxylation is 2. The zero-order chi connectivity index (χ0) is 23.3. The van der Waals surface area contributed by atoms with Crippen LogP contribution in [0.25, 0.3) is 11.1 Å². The van der Waals surface area contributed by atoms with Crippen LogP contribution in [0.3, 0.4) is 0 Å². The fraction of sp³-hybridized carbons (Fsp3) is 0.0741. The van der Waals surface area contributed by atoms with Crippen LogP contribution in [0.15, 0.2) is 108 Å². The quantitative estimate of drug-likeness (QED) is 0.359. The SMILES string of the molecule is O=C(O)c1ccccc1CCc1ccccc1NS(=O)(=O)c1ccc(-c2ccccc2)cc1. The minimum atomic E-state index is -3.78. The summed E-state index contributed by atoms with van der Waals surface area (Å²) in [6.45, 7) is 0. The first-order valence-corrected chi connectivity index (χ1v) is 12.0. The van der Waals surface area contributed by atoms with Crippen molar-refractivity contribution in [3.63, 3.8) is 0 Å². The van der Waals surface area contributed by atoms with Crippen LogP contribution in [0, 0.1) is 0 Å². The third-order valence-electron chi connectivity index (χ3n) is 5.44. The Morgan fingerprint density at radius 2 is 1.21 bits per heavy atom. The summed E-state index contributed by atoms with van der Waals surface area (Å²) in [5.41, 5.74) is 4.20. The number of carboxylic acids is 1. The van der Waals surface area contributed by atoms with Crippen molar-refractivity contribution in [2.24, 2.45) is 0 Å². The lowest BCUT2D eigenvalue weighted by atomic mass is 9.99. The van der Waals surface area contributed by atoms with Gasteiger partial charge < -0.3 is 5.11 Å². The van der Waals surface area contributed by atoms with E-state index in [1.807, 2.05) is 42.5 Å². The molecule has 0 saturated carbocycles. The molecule has 0 bridgehead atoms. The lowest BCUT2D eigenvalue weighted by Gasteiger charge is -2.14. The molecule has 0 aliphatic carbocycles. The van der Waals surface area contributed by atoms with Crippen molar-refractivity contribution in [1.29, 1.82) is 0 Å². The van der Waals surface area contributed by atoms with Crippen LogP contribution in [-0.2, 0) is 22.9 Å². The van der Waals surface area contributed by atoms with Crippen molar-refractivity contribution in [2.75, 3.05) is 4.72 Å². The van der Waals surface area contributed by atoms with Gasteiger partial charge in [-0.05, 0) is 59.4 Å². The van der Waals surface area contributed by atoms with Gasteiger partial charge in [-0.15, -0.1) is 0 Å². The Labute approximate surface area is 193 Å². The van der Waals surface area contributed by atoms with E-state index in [2.05, 4.69) is 4.72 Å². The maximum absolute atomic E-state index is 13.0. The normalized spacial score (nSPS) is 11.2. The molecule has 0 saturated heterocycles. The first-order chi connectivity index (χ1) is 15.9. The summed E-state index contributed by atoms with van der Waals surface area (Å²) in [4.78, 5) is 11.6. The third kappa shape index (κ3) is 5.30. The van der Waals surface area contributed by atoms with Crippen molar-refractivity contribution in [3.05, 3.63) is 120 Å². The Morgan fingerprint density at radius 3 is 1.91 bits per heavy atom. The average Bonchev–Trinajstić information content (AvgIpc) is 2.84. The van der Waals surface area contributed by atoms with Crippen LogP contribution in [-0.4, -0.2) is 19.5 Å². The number of sulfonamides is 1. The number of anilines is 1. The second-order valence-corrected chi connectivity index (χ2v) is 9.30. The molecule has 4 aromatic carbocycles. The molecular weight excluding hydrogens is 434 g/mol. The number of aromatic carboxylic acids is 1. The molecule has 0 radical (unpaired) electrons. The monoisotopic (exact) mass is 457 g/mol. The molecule has 0 unspecified atom stereocenters. The zero-order valence-electron chi connectivity index (χ0n) is 17.8. The number of para-hydroxylation sites is 1. The highest BCUT2D eigenvalue weighted by Gasteiger charge is 2.17. The minimum absolute atomic E-state index is 0.174. The number of carboxylic acid groups (broad SMARTS) is 1. The second-order valence-electron chi connectivity index (χ2n) is 7.62. The van der Waals surface area contributed by atoms with Gasteiger partial charge in [0.2, 0.25) is 0 Å². The van der Waals surface area contributed by atoms with E-state index >= 15 is 0 Å². The Balaban J connectivity index is 1.53. The summed E-state index contributed by atoms with van der Waals surface area (Å²) < 4.78 is 28.8. The molecule has 2 N–H and O–H groups in total. The summed E-state index contributed by atoms with van der Waals surface area (Å²) in [6, 6.07) is 30.5.